The van der Waals surface area contributed by atoms with Crippen molar-refractivity contribution in [1.82, 2.24) is 0 Å². The molecule has 0 aromatic carbocycles. The molecule has 2 atom stereocenters. The van der Waals surface area contributed by atoms with Crippen LogP contribution in [0.1, 0.15) is 25.7 Å². The van der Waals surface area contributed by atoms with Crippen molar-refractivity contribution < 1.29 is 3.63 Å². The van der Waals surface area contributed by atoms with Crippen LogP contribution < -0.4 is 0 Å². The molecule has 2 saturated heterocycles. The third-order valence-electron chi connectivity index (χ3n) is 2.07. The Balaban J connectivity index is 1.52. The van der Waals surface area contributed by atoms with Crippen LogP contribution in [0, 0.1) is 0 Å². The van der Waals surface area contributed by atoms with Gasteiger partial charge >= 0.3 is 0 Å². The molecule has 0 spiro atoms. The normalized spacial score (nSPS) is 34.2. The van der Waals surface area contributed by atoms with Crippen molar-refractivity contribution in [1.29, 1.82) is 0 Å². The summed E-state index contributed by atoms with van der Waals surface area (Å²) in [5.41, 5.74) is 0. The van der Waals surface area contributed by atoms with E-state index in [4.69, 9.17) is 3.63 Å². The molecule has 2 fully saturated rings. The lowest BCUT2D eigenvalue weighted by Crippen LogP contribution is -1.91. The van der Waals surface area contributed by atoms with E-state index in [0.29, 0.717) is 9.16 Å². The lowest BCUT2D eigenvalue weighted by atomic mass is 10.4. The monoisotopic (exact) mass is 254 g/mol. The molecule has 2 aliphatic rings. The van der Waals surface area contributed by atoms with Crippen LogP contribution in [-0.2, 0) is 3.63 Å². The van der Waals surface area contributed by atoms with E-state index < -0.39 is 0 Å². The molecule has 2 heterocycles. The van der Waals surface area contributed by atoms with Crippen molar-refractivity contribution in [3.8, 4) is 0 Å². The highest BCUT2D eigenvalue weighted by Crippen LogP contribution is 2.42. The van der Waals surface area contributed by atoms with Gasteiger partial charge in [0.15, 0.2) is 0 Å². The number of hydrogen-bond donors (Lipinski definition) is 0. The first kappa shape index (κ1) is 10.9. The summed E-state index contributed by atoms with van der Waals surface area (Å²) in [6, 6.07) is 0. The van der Waals surface area contributed by atoms with E-state index in [0.717, 1.165) is 0 Å². The maximum absolute atomic E-state index is 5.59. The molecule has 2 unspecified atom stereocenters. The summed E-state index contributed by atoms with van der Waals surface area (Å²) < 4.78 is 7.01. The van der Waals surface area contributed by atoms with Crippen molar-refractivity contribution >= 4 is 47.6 Å². The zero-order valence-electron chi connectivity index (χ0n) is 7.44. The van der Waals surface area contributed by atoms with Gasteiger partial charge in [-0.15, -0.1) is 23.5 Å². The van der Waals surface area contributed by atoms with Crippen LogP contribution >= 0.6 is 47.6 Å². The van der Waals surface area contributed by atoms with Gasteiger partial charge in [0, 0.05) is 24.1 Å². The fraction of sp³-hybridized carbons (Fsp3) is 1.00. The van der Waals surface area contributed by atoms with E-state index in [1.54, 1.807) is 24.1 Å². The Morgan fingerprint density at radius 1 is 0.923 bits per heavy atom. The predicted octanol–water partition coefficient (Wildman–Crippen LogP) is 4.01. The molecule has 0 N–H and O–H groups in total. The topological polar surface area (TPSA) is 9.23 Å². The molecule has 13 heavy (non-hydrogen) atoms. The van der Waals surface area contributed by atoms with Gasteiger partial charge in [-0.1, -0.05) is 0 Å². The highest BCUT2D eigenvalue weighted by Gasteiger charge is 2.20. The molecule has 2 aliphatic heterocycles. The Bertz CT molecular complexity index is 127. The lowest BCUT2D eigenvalue weighted by molar-refractivity contribution is 0.738. The van der Waals surface area contributed by atoms with Crippen LogP contribution in [0.25, 0.3) is 0 Å². The van der Waals surface area contributed by atoms with Crippen LogP contribution in [-0.4, -0.2) is 20.7 Å². The van der Waals surface area contributed by atoms with Gasteiger partial charge in [-0.2, -0.15) is 0 Å². The van der Waals surface area contributed by atoms with Crippen LogP contribution in [0.5, 0.6) is 0 Å². The van der Waals surface area contributed by atoms with Gasteiger partial charge in [0.25, 0.3) is 0 Å². The van der Waals surface area contributed by atoms with E-state index in [1.807, 2.05) is 23.5 Å². The maximum Gasteiger partial charge on any atom is 0.0778 e. The minimum Gasteiger partial charge on any atom is -0.245 e. The summed E-state index contributed by atoms with van der Waals surface area (Å²) >= 11 is 7.45. The van der Waals surface area contributed by atoms with Gasteiger partial charge < -0.3 is 0 Å². The molecule has 0 aromatic heterocycles. The van der Waals surface area contributed by atoms with E-state index in [2.05, 4.69) is 0 Å². The fourth-order valence-electron chi connectivity index (χ4n) is 1.36. The van der Waals surface area contributed by atoms with Gasteiger partial charge in [0.2, 0.25) is 0 Å². The van der Waals surface area contributed by atoms with Gasteiger partial charge in [0.05, 0.1) is 9.16 Å². The van der Waals surface area contributed by atoms with Crippen LogP contribution in [0.4, 0.5) is 0 Å². The van der Waals surface area contributed by atoms with Crippen LogP contribution in [0.2, 0.25) is 0 Å². The lowest BCUT2D eigenvalue weighted by Gasteiger charge is -2.09. The molecular formula is C8H14OS4. The van der Waals surface area contributed by atoms with Gasteiger partial charge in [0.1, 0.15) is 0 Å². The number of hydrogen-bond acceptors (Lipinski definition) is 5. The quantitative estimate of drug-likeness (QED) is 0.699. The molecule has 76 valence electrons. The number of rotatable bonds is 4. The summed E-state index contributed by atoms with van der Waals surface area (Å²) in [6.45, 7) is 0. The molecule has 2 rings (SSSR count). The Kier molecular flexibility index (Phi) is 5.06. The summed E-state index contributed by atoms with van der Waals surface area (Å²) in [5.74, 6) is 2.65. The second-order valence-electron chi connectivity index (χ2n) is 3.15. The van der Waals surface area contributed by atoms with E-state index in [1.165, 1.54) is 37.2 Å². The first-order valence-electron chi connectivity index (χ1n) is 4.67. The Morgan fingerprint density at radius 2 is 1.46 bits per heavy atom. The zero-order valence-corrected chi connectivity index (χ0v) is 10.7. The van der Waals surface area contributed by atoms with E-state index >= 15 is 0 Å². The maximum atomic E-state index is 5.59. The van der Waals surface area contributed by atoms with Gasteiger partial charge in [-0.3, -0.25) is 0 Å². The van der Waals surface area contributed by atoms with Crippen LogP contribution in [0.3, 0.4) is 0 Å². The molecule has 0 amide bonds. The average molecular weight is 254 g/mol. The van der Waals surface area contributed by atoms with Crippen LogP contribution in [0.15, 0.2) is 0 Å². The summed E-state index contributed by atoms with van der Waals surface area (Å²) in [5, 5.41) is 0. The number of thioether (sulfide) groups is 2. The highest BCUT2D eigenvalue weighted by molar-refractivity contribution is 8.22. The molecule has 0 radical (unpaired) electrons. The van der Waals surface area contributed by atoms with Crippen molar-refractivity contribution in [2.75, 3.05) is 11.5 Å². The Labute approximate surface area is 97.3 Å². The minimum absolute atomic E-state index is 0.707. The predicted molar refractivity (Wildman–Crippen MR) is 67.2 cm³/mol. The zero-order chi connectivity index (χ0) is 8.93. The fourth-order valence-corrected chi connectivity index (χ4v) is 6.22. The van der Waals surface area contributed by atoms with Crippen molar-refractivity contribution in [2.45, 2.75) is 34.8 Å². The molecule has 5 heteroatoms. The standard InChI is InChI=1S/C8H14OS4/c1-3-7(10-5-1)12-9-13-8-4-2-6-11-8/h7-8H,1-6H2. The van der Waals surface area contributed by atoms with Gasteiger partial charge in [-0.25, -0.2) is 3.63 Å². The molecular weight excluding hydrogens is 240 g/mol. The smallest absolute Gasteiger partial charge is 0.0778 e. The highest BCUT2D eigenvalue weighted by atomic mass is 32.3. The van der Waals surface area contributed by atoms with Crippen molar-refractivity contribution in [3.05, 3.63) is 0 Å². The van der Waals surface area contributed by atoms with Crippen molar-refractivity contribution in [3.63, 3.8) is 0 Å². The largest absolute Gasteiger partial charge is 0.245 e. The summed E-state index contributed by atoms with van der Waals surface area (Å²) in [4.78, 5) is 0. The first-order valence-corrected chi connectivity index (χ1v) is 8.38. The third-order valence-corrected chi connectivity index (χ3v) is 7.15. The molecule has 0 aromatic rings. The summed E-state index contributed by atoms with van der Waals surface area (Å²) in [7, 11) is 0. The molecule has 0 saturated carbocycles. The Hall–Kier alpha value is 1.36. The molecule has 1 nitrogen and oxygen atoms in total. The van der Waals surface area contributed by atoms with Crippen molar-refractivity contribution in [2.24, 2.45) is 0 Å². The SMILES string of the molecule is C1CSC(SOSC2CCCS2)C1. The summed E-state index contributed by atoms with van der Waals surface area (Å²) in [6.07, 6.45) is 5.39. The second-order valence-corrected chi connectivity index (χ2v) is 8.43. The Morgan fingerprint density at radius 3 is 1.85 bits per heavy atom. The molecule has 0 bridgehead atoms. The minimum atomic E-state index is 0.707. The van der Waals surface area contributed by atoms with Gasteiger partial charge in [-0.05, 0) is 37.2 Å². The first-order chi connectivity index (χ1) is 6.45. The third kappa shape index (κ3) is 3.78. The van der Waals surface area contributed by atoms with E-state index in [-0.39, 0.29) is 0 Å². The molecule has 0 aliphatic carbocycles. The second kappa shape index (κ2) is 6.05. The average Bonchev–Trinajstić information content (AvgIpc) is 2.75. The van der Waals surface area contributed by atoms with E-state index in [9.17, 15) is 0 Å².